The van der Waals surface area contributed by atoms with Crippen molar-refractivity contribution in [2.24, 2.45) is 0 Å². The third-order valence-corrected chi connectivity index (χ3v) is 9.87. The second kappa shape index (κ2) is 21.9. The van der Waals surface area contributed by atoms with E-state index in [9.17, 15) is 8.42 Å². The maximum Gasteiger partial charge on any atom is 0.306 e. The lowest BCUT2D eigenvalue weighted by molar-refractivity contribution is 0.260. The van der Waals surface area contributed by atoms with Gasteiger partial charge in [0.05, 0.1) is 39.3 Å². The minimum absolute atomic E-state index is 0.161. The second-order valence-electron chi connectivity index (χ2n) is 14.1. The summed E-state index contributed by atoms with van der Waals surface area (Å²) >= 11 is 0. The third kappa shape index (κ3) is 12.5. The van der Waals surface area contributed by atoms with Gasteiger partial charge in [-0.25, -0.2) is 0 Å². The first kappa shape index (κ1) is 42.2. The van der Waals surface area contributed by atoms with Crippen molar-refractivity contribution >= 4 is 42.4 Å². The zero-order valence-corrected chi connectivity index (χ0v) is 34.1. The van der Waals surface area contributed by atoms with Crippen LogP contribution in [0.4, 0.5) is 0 Å². The maximum absolute atomic E-state index is 12.6. The molecule has 0 atom stereocenters. The molecule has 0 unspecified atom stereocenters. The Balaban J connectivity index is 2.04. The molecule has 0 radical (unpaired) electrons. The van der Waals surface area contributed by atoms with E-state index in [0.717, 1.165) is 135 Å². The van der Waals surface area contributed by atoms with Crippen LogP contribution in [0.1, 0.15) is 131 Å². The second-order valence-corrected chi connectivity index (χ2v) is 15.7. The lowest BCUT2D eigenvalue weighted by Crippen LogP contribution is -2.08. The van der Waals surface area contributed by atoms with E-state index in [1.807, 2.05) is 12.1 Å². The van der Waals surface area contributed by atoms with Crippen molar-refractivity contribution in [1.82, 2.24) is 0 Å². The Kier molecular flexibility index (Phi) is 17.5. The molecule has 0 spiro atoms. The number of rotatable bonds is 27. The van der Waals surface area contributed by atoms with E-state index in [2.05, 4.69) is 52.8 Å². The van der Waals surface area contributed by atoms with Crippen molar-refractivity contribution in [2.45, 2.75) is 131 Å². The van der Waals surface area contributed by atoms with Gasteiger partial charge in [0.2, 0.25) is 0 Å². The van der Waals surface area contributed by atoms with Crippen LogP contribution in [0, 0.1) is 0 Å². The molecule has 0 saturated carbocycles. The van der Waals surface area contributed by atoms with E-state index in [4.69, 9.17) is 27.9 Å². The monoisotopic (exact) mass is 752 g/mol. The molecule has 9 heteroatoms. The Morgan fingerprint density at radius 2 is 0.566 bits per heavy atom. The van der Waals surface area contributed by atoms with Crippen LogP contribution in [0.5, 0.6) is 34.5 Å². The summed E-state index contributed by atoms with van der Waals surface area (Å²) < 4.78 is 62.8. The number of ether oxygens (including phenoxy) is 5. The zero-order chi connectivity index (χ0) is 38.1. The minimum Gasteiger partial charge on any atom is -0.490 e. The van der Waals surface area contributed by atoms with Crippen LogP contribution < -0.4 is 27.9 Å². The minimum atomic E-state index is -3.85. The largest absolute Gasteiger partial charge is 0.490 e. The number of hydrogen-bond acceptors (Lipinski definition) is 8. The van der Waals surface area contributed by atoms with E-state index in [1.165, 1.54) is 0 Å². The van der Waals surface area contributed by atoms with Gasteiger partial charge in [-0.3, -0.25) is 0 Å². The molecule has 4 rings (SSSR count). The van der Waals surface area contributed by atoms with Crippen LogP contribution in [0.3, 0.4) is 0 Å². The van der Waals surface area contributed by atoms with Gasteiger partial charge in [-0.15, -0.1) is 0 Å². The average Bonchev–Trinajstić information content (AvgIpc) is 3.14. The highest BCUT2D eigenvalue weighted by Gasteiger charge is 2.21. The molecule has 0 fully saturated rings. The molecule has 0 aliphatic carbocycles. The first-order valence-electron chi connectivity index (χ1n) is 20.3. The predicted octanol–water partition coefficient (Wildman–Crippen LogP) is 12.3. The molecular weight excluding hydrogens is 689 g/mol. The molecule has 8 nitrogen and oxygen atoms in total. The van der Waals surface area contributed by atoms with E-state index in [0.29, 0.717) is 61.8 Å². The van der Waals surface area contributed by atoms with Crippen LogP contribution in [-0.4, -0.2) is 47.7 Å². The standard InChI is InChI=1S/C44H64O8S/c1-7-12-17-22-47-39-27-33-34-28-40(48-23-18-13-8-2)42(50-25-20-15-10-4)30-36(34)38-32-44(52-53(6,45)46)43(51-26-21-16-11-5)31-37(38)35(33)29-41(39)49-24-19-14-9-3/h27-32H,7-26H2,1-6H3. The van der Waals surface area contributed by atoms with Crippen LogP contribution >= 0.6 is 0 Å². The fourth-order valence-electron chi connectivity index (χ4n) is 6.48. The van der Waals surface area contributed by atoms with Crippen molar-refractivity contribution < 1.29 is 36.3 Å². The Morgan fingerprint density at radius 3 is 0.774 bits per heavy atom. The van der Waals surface area contributed by atoms with Gasteiger partial charge in [0.1, 0.15) is 0 Å². The number of unbranched alkanes of at least 4 members (excludes halogenated alkanes) is 10. The molecule has 0 amide bonds. The van der Waals surface area contributed by atoms with Crippen molar-refractivity contribution in [3.05, 3.63) is 36.4 Å². The smallest absolute Gasteiger partial charge is 0.306 e. The van der Waals surface area contributed by atoms with E-state index in [-0.39, 0.29) is 5.75 Å². The van der Waals surface area contributed by atoms with Gasteiger partial charge in [-0.05, 0) is 101 Å². The van der Waals surface area contributed by atoms with Crippen molar-refractivity contribution in [3.63, 3.8) is 0 Å². The van der Waals surface area contributed by atoms with Crippen LogP contribution in [0.15, 0.2) is 36.4 Å². The van der Waals surface area contributed by atoms with Gasteiger partial charge >= 0.3 is 10.1 Å². The highest BCUT2D eigenvalue weighted by atomic mass is 32.2. The predicted molar refractivity (Wildman–Crippen MR) is 220 cm³/mol. The van der Waals surface area contributed by atoms with Gasteiger partial charge in [-0.2, -0.15) is 8.42 Å². The molecule has 0 aromatic heterocycles. The Hall–Kier alpha value is -3.59. The molecule has 4 aromatic rings. The molecule has 0 heterocycles. The summed E-state index contributed by atoms with van der Waals surface area (Å²) in [5.74, 6) is 3.32. The van der Waals surface area contributed by atoms with E-state index < -0.39 is 10.1 Å². The number of benzene rings is 4. The lowest BCUT2D eigenvalue weighted by Gasteiger charge is -2.20. The Morgan fingerprint density at radius 1 is 0.358 bits per heavy atom. The first-order valence-corrected chi connectivity index (χ1v) is 22.1. The highest BCUT2D eigenvalue weighted by Crippen LogP contribution is 2.47. The summed E-state index contributed by atoms with van der Waals surface area (Å²) in [4.78, 5) is 0. The number of hydrogen-bond donors (Lipinski definition) is 0. The summed E-state index contributed by atoms with van der Waals surface area (Å²) in [6.07, 6.45) is 16.5. The van der Waals surface area contributed by atoms with Gasteiger partial charge < -0.3 is 27.9 Å². The fraction of sp³-hybridized carbons (Fsp3) is 0.591. The Bertz CT molecular complexity index is 1790. The summed E-state index contributed by atoms with van der Waals surface area (Å²) in [7, 11) is -3.85. The summed E-state index contributed by atoms with van der Waals surface area (Å²) in [6, 6.07) is 12.0. The SMILES string of the molecule is CCCCCOc1cc2c3cc(OCCCCC)c(OCCCCC)cc3c3cc(OS(C)(=O)=O)c(OCCCCC)cc3c2cc1OCCCCC. The molecule has 4 aromatic carbocycles. The van der Waals surface area contributed by atoms with E-state index >= 15 is 0 Å². The Labute approximate surface area is 318 Å². The van der Waals surface area contributed by atoms with Crippen LogP contribution in [0.2, 0.25) is 0 Å². The topological polar surface area (TPSA) is 89.5 Å². The maximum atomic E-state index is 12.6. The fourth-order valence-corrected chi connectivity index (χ4v) is 6.94. The highest BCUT2D eigenvalue weighted by molar-refractivity contribution is 7.86. The van der Waals surface area contributed by atoms with Crippen molar-refractivity contribution in [1.29, 1.82) is 0 Å². The molecule has 0 bridgehead atoms. The van der Waals surface area contributed by atoms with Crippen LogP contribution in [-0.2, 0) is 10.1 Å². The normalized spacial score (nSPS) is 11.7. The van der Waals surface area contributed by atoms with Gasteiger partial charge in [-0.1, -0.05) is 98.8 Å². The zero-order valence-electron chi connectivity index (χ0n) is 33.3. The van der Waals surface area contributed by atoms with Crippen molar-refractivity contribution in [2.75, 3.05) is 39.3 Å². The first-order chi connectivity index (χ1) is 25.7. The van der Waals surface area contributed by atoms with Crippen LogP contribution in [0.25, 0.3) is 32.3 Å². The van der Waals surface area contributed by atoms with Gasteiger partial charge in [0.25, 0.3) is 0 Å². The van der Waals surface area contributed by atoms with Crippen molar-refractivity contribution in [3.8, 4) is 34.5 Å². The summed E-state index contributed by atoms with van der Waals surface area (Å²) in [5, 5.41) is 5.46. The third-order valence-electron chi connectivity index (χ3n) is 9.39. The van der Waals surface area contributed by atoms with E-state index in [1.54, 1.807) is 6.07 Å². The summed E-state index contributed by atoms with van der Waals surface area (Å²) in [6.45, 7) is 13.7. The van der Waals surface area contributed by atoms with Gasteiger partial charge in [0.15, 0.2) is 34.5 Å². The molecule has 53 heavy (non-hydrogen) atoms. The molecule has 294 valence electrons. The quantitative estimate of drug-likeness (QED) is 0.0338. The van der Waals surface area contributed by atoms with Gasteiger partial charge in [0, 0.05) is 0 Å². The molecule has 0 saturated heterocycles. The number of fused-ring (bicyclic) bond motifs is 6. The summed E-state index contributed by atoms with van der Waals surface area (Å²) in [5.41, 5.74) is 0. The molecular formula is C44H64O8S. The average molecular weight is 753 g/mol. The molecule has 0 aliphatic heterocycles. The molecule has 0 aliphatic rings. The lowest BCUT2D eigenvalue weighted by atomic mass is 9.93. The molecule has 0 N–H and O–H groups in total.